The maximum atomic E-state index is 11.9. The average Bonchev–Trinajstić information content (AvgIpc) is 3.29. The molecule has 2 aromatic heterocycles. The molecule has 3 aromatic rings. The topological polar surface area (TPSA) is 88.0 Å². The monoisotopic (exact) mass is 373 g/mol. The maximum Gasteiger partial charge on any atom is 0.336 e. The molecule has 0 unspecified atom stereocenters. The zero-order valence-corrected chi connectivity index (χ0v) is 13.5. The van der Waals surface area contributed by atoms with Gasteiger partial charge in [0.25, 0.3) is 0 Å². The molecule has 1 aromatic carbocycles. The maximum absolute atomic E-state index is 11.9. The van der Waals surface area contributed by atoms with E-state index in [0.29, 0.717) is 11.0 Å². The summed E-state index contributed by atoms with van der Waals surface area (Å²) in [6.07, 6.45) is 1.98. The van der Waals surface area contributed by atoms with Crippen LogP contribution in [0.3, 0.4) is 0 Å². The summed E-state index contributed by atoms with van der Waals surface area (Å²) in [6.45, 7) is 0. The van der Waals surface area contributed by atoms with Crippen molar-refractivity contribution in [3.05, 3.63) is 56.4 Å². The molecule has 1 saturated carbocycles. The van der Waals surface area contributed by atoms with Crippen LogP contribution >= 0.6 is 15.9 Å². The minimum Gasteiger partial charge on any atom is -0.478 e. The normalized spacial score (nSPS) is 14.3. The molecule has 7 heteroatoms. The molecule has 1 fully saturated rings. The van der Waals surface area contributed by atoms with Gasteiger partial charge in [-0.25, -0.2) is 9.48 Å². The van der Waals surface area contributed by atoms with Gasteiger partial charge in [-0.1, -0.05) is 15.9 Å². The van der Waals surface area contributed by atoms with Crippen LogP contribution in [0, 0.1) is 0 Å². The van der Waals surface area contributed by atoms with Crippen molar-refractivity contribution in [3.63, 3.8) is 0 Å². The summed E-state index contributed by atoms with van der Waals surface area (Å²) in [7, 11) is 0. The van der Waals surface area contributed by atoms with E-state index in [1.807, 2.05) is 24.3 Å². The van der Waals surface area contributed by atoms with Crippen molar-refractivity contribution in [1.29, 1.82) is 0 Å². The third-order valence-electron chi connectivity index (χ3n) is 3.96. The molecule has 0 atom stereocenters. The molecule has 0 radical (unpaired) electrons. The Bertz CT molecular complexity index is 984. The van der Waals surface area contributed by atoms with E-state index in [-0.39, 0.29) is 11.5 Å². The minimum atomic E-state index is -1.11. The van der Waals surface area contributed by atoms with E-state index in [1.165, 1.54) is 0 Å². The van der Waals surface area contributed by atoms with Gasteiger partial charge in [-0.05, 0) is 37.1 Å². The first-order valence-electron chi connectivity index (χ1n) is 7.20. The highest BCUT2D eigenvalue weighted by molar-refractivity contribution is 9.10. The van der Waals surface area contributed by atoms with Crippen molar-refractivity contribution in [3.8, 4) is 5.69 Å². The lowest BCUT2D eigenvalue weighted by Crippen LogP contribution is -2.11. The fourth-order valence-electron chi connectivity index (χ4n) is 2.75. The van der Waals surface area contributed by atoms with Crippen LogP contribution in [-0.2, 0) is 0 Å². The SMILES string of the molecule is O=C(O)c1cc(=O)[nH]c2c1c(C1CC1)nn2-c1ccc(Br)cc1. The van der Waals surface area contributed by atoms with E-state index in [2.05, 4.69) is 26.0 Å². The highest BCUT2D eigenvalue weighted by atomic mass is 79.9. The zero-order chi connectivity index (χ0) is 16.1. The molecule has 0 spiro atoms. The molecule has 2 heterocycles. The smallest absolute Gasteiger partial charge is 0.336 e. The van der Waals surface area contributed by atoms with Crippen molar-refractivity contribution in [2.24, 2.45) is 0 Å². The first kappa shape index (κ1) is 14.2. The van der Waals surface area contributed by atoms with Gasteiger partial charge in [0.15, 0.2) is 0 Å². The van der Waals surface area contributed by atoms with Gasteiger partial charge in [-0.2, -0.15) is 5.10 Å². The summed E-state index contributed by atoms with van der Waals surface area (Å²) in [6, 6.07) is 8.60. The first-order chi connectivity index (χ1) is 11.0. The van der Waals surface area contributed by atoms with Gasteiger partial charge in [0.1, 0.15) is 5.65 Å². The fraction of sp³-hybridized carbons (Fsp3) is 0.188. The number of halogens is 1. The number of aromatic amines is 1. The number of carbonyl (C=O) groups is 1. The third-order valence-corrected chi connectivity index (χ3v) is 4.49. The van der Waals surface area contributed by atoms with E-state index >= 15 is 0 Å². The Hall–Kier alpha value is -2.41. The van der Waals surface area contributed by atoms with Gasteiger partial charge < -0.3 is 10.1 Å². The standard InChI is InChI=1S/C16H12BrN3O3/c17-9-3-5-10(6-4-9)20-15-13(14(19-20)8-1-2-8)11(16(22)23)7-12(21)18-15/h3-8H,1-2H2,(H,18,21)(H,22,23). The van der Waals surface area contributed by atoms with Crippen molar-refractivity contribution >= 4 is 32.9 Å². The number of nitrogens with one attached hydrogen (secondary N) is 1. The second-order valence-electron chi connectivity index (χ2n) is 5.62. The summed E-state index contributed by atoms with van der Waals surface area (Å²) in [5, 5.41) is 14.6. The van der Waals surface area contributed by atoms with Gasteiger partial charge in [0, 0.05) is 16.5 Å². The van der Waals surface area contributed by atoms with Crippen LogP contribution in [0.25, 0.3) is 16.7 Å². The van der Waals surface area contributed by atoms with Crippen LogP contribution in [-0.4, -0.2) is 25.8 Å². The van der Waals surface area contributed by atoms with Crippen LogP contribution in [0.1, 0.15) is 34.8 Å². The van der Waals surface area contributed by atoms with E-state index in [0.717, 1.165) is 34.8 Å². The number of carboxylic acid groups (broad SMARTS) is 1. The molecule has 6 nitrogen and oxygen atoms in total. The predicted molar refractivity (Wildman–Crippen MR) is 88.3 cm³/mol. The number of H-pyrrole nitrogens is 1. The average molecular weight is 374 g/mol. The highest BCUT2D eigenvalue weighted by Crippen LogP contribution is 2.43. The van der Waals surface area contributed by atoms with E-state index < -0.39 is 11.5 Å². The van der Waals surface area contributed by atoms with Gasteiger partial charge in [0.2, 0.25) is 5.56 Å². The summed E-state index contributed by atoms with van der Waals surface area (Å²) in [5.41, 5.74) is 1.50. The highest BCUT2D eigenvalue weighted by Gasteiger charge is 2.32. The van der Waals surface area contributed by atoms with Crippen LogP contribution in [0.15, 0.2) is 39.6 Å². The van der Waals surface area contributed by atoms with E-state index in [4.69, 9.17) is 0 Å². The Morgan fingerprint density at radius 2 is 2.00 bits per heavy atom. The molecule has 4 rings (SSSR count). The lowest BCUT2D eigenvalue weighted by molar-refractivity contribution is 0.0698. The minimum absolute atomic E-state index is 0.00834. The molecule has 0 amide bonds. The number of hydrogen-bond acceptors (Lipinski definition) is 3. The fourth-order valence-corrected chi connectivity index (χ4v) is 3.02. The Kier molecular flexibility index (Phi) is 3.12. The number of rotatable bonds is 3. The quantitative estimate of drug-likeness (QED) is 0.738. The zero-order valence-electron chi connectivity index (χ0n) is 11.9. The van der Waals surface area contributed by atoms with Crippen molar-refractivity contribution in [2.45, 2.75) is 18.8 Å². The first-order valence-corrected chi connectivity index (χ1v) is 7.99. The molecule has 0 aliphatic heterocycles. The third kappa shape index (κ3) is 2.37. The van der Waals surface area contributed by atoms with Crippen molar-refractivity contribution in [2.75, 3.05) is 0 Å². The number of carboxylic acids is 1. The van der Waals surface area contributed by atoms with Crippen LogP contribution in [0.5, 0.6) is 0 Å². The summed E-state index contributed by atoms with van der Waals surface area (Å²) >= 11 is 3.38. The molecule has 2 N–H and O–H groups in total. The van der Waals surface area contributed by atoms with Gasteiger partial charge in [-0.15, -0.1) is 0 Å². The molecule has 0 bridgehead atoms. The number of pyridine rings is 1. The van der Waals surface area contributed by atoms with E-state index in [1.54, 1.807) is 4.68 Å². The summed E-state index contributed by atoms with van der Waals surface area (Å²) < 4.78 is 2.54. The van der Waals surface area contributed by atoms with Crippen LogP contribution in [0.2, 0.25) is 0 Å². The number of hydrogen-bond donors (Lipinski definition) is 2. The largest absolute Gasteiger partial charge is 0.478 e. The molecule has 1 aliphatic carbocycles. The van der Waals surface area contributed by atoms with Crippen LogP contribution in [0.4, 0.5) is 0 Å². The number of aromatic carboxylic acids is 1. The second kappa shape index (κ2) is 5.06. The Labute approximate surface area is 138 Å². The Morgan fingerprint density at radius 3 is 2.61 bits per heavy atom. The van der Waals surface area contributed by atoms with Gasteiger partial charge in [-0.3, -0.25) is 4.79 Å². The van der Waals surface area contributed by atoms with Crippen molar-refractivity contribution in [1.82, 2.24) is 14.8 Å². The van der Waals surface area contributed by atoms with Gasteiger partial charge >= 0.3 is 5.97 Å². The molecule has 1 aliphatic rings. The number of aromatic nitrogens is 3. The second-order valence-corrected chi connectivity index (χ2v) is 6.54. The summed E-state index contributed by atoms with van der Waals surface area (Å²) in [4.78, 5) is 26.2. The summed E-state index contributed by atoms with van der Waals surface area (Å²) in [5.74, 6) is -0.850. The predicted octanol–water partition coefficient (Wildman–Crippen LogP) is 3.05. The molecule has 23 heavy (non-hydrogen) atoms. The Morgan fingerprint density at radius 1 is 1.30 bits per heavy atom. The number of nitrogens with zero attached hydrogens (tertiary/aromatic N) is 2. The number of benzene rings is 1. The lowest BCUT2D eigenvalue weighted by atomic mass is 10.1. The molecular formula is C16H12BrN3O3. The lowest BCUT2D eigenvalue weighted by Gasteiger charge is -2.03. The molecule has 0 saturated heterocycles. The number of fused-ring (bicyclic) bond motifs is 1. The Balaban J connectivity index is 2.07. The molecule has 116 valence electrons. The van der Waals surface area contributed by atoms with Crippen LogP contribution < -0.4 is 5.56 Å². The molecular weight excluding hydrogens is 362 g/mol. The van der Waals surface area contributed by atoms with Crippen molar-refractivity contribution < 1.29 is 9.90 Å². The van der Waals surface area contributed by atoms with E-state index in [9.17, 15) is 14.7 Å². The van der Waals surface area contributed by atoms with Gasteiger partial charge in [0.05, 0.1) is 22.3 Å².